The van der Waals surface area contributed by atoms with Crippen molar-refractivity contribution in [2.75, 3.05) is 19.1 Å². The number of hydrogen-bond donors (Lipinski definition) is 1. The lowest BCUT2D eigenvalue weighted by molar-refractivity contribution is -0.130. The normalized spacial score (nSPS) is 10.1. The van der Waals surface area contributed by atoms with E-state index in [1.165, 1.54) is 6.33 Å². The molecular formula is C8H14N4OS. The van der Waals surface area contributed by atoms with E-state index in [1.807, 2.05) is 6.26 Å². The van der Waals surface area contributed by atoms with Gasteiger partial charge in [-0.05, 0) is 6.26 Å². The summed E-state index contributed by atoms with van der Waals surface area (Å²) < 4.78 is 0. The molecule has 78 valence electrons. The third kappa shape index (κ3) is 3.37. The van der Waals surface area contributed by atoms with Crippen LogP contribution in [0, 0.1) is 0 Å². The first-order valence-corrected chi connectivity index (χ1v) is 5.70. The first kappa shape index (κ1) is 11.0. The number of amides is 1. The summed E-state index contributed by atoms with van der Waals surface area (Å²) in [5.74, 6) is 1.71. The smallest absolute Gasteiger partial charge is 0.223 e. The van der Waals surface area contributed by atoms with Crippen molar-refractivity contribution in [2.24, 2.45) is 0 Å². The minimum Gasteiger partial charge on any atom is -0.338 e. The summed E-state index contributed by atoms with van der Waals surface area (Å²) in [4.78, 5) is 17.1. The van der Waals surface area contributed by atoms with Crippen LogP contribution in [0.15, 0.2) is 6.33 Å². The summed E-state index contributed by atoms with van der Waals surface area (Å²) in [6.07, 6.45) is 4.01. The standard InChI is InChI=1S/C8H14N4OS/c1-12(8(13)3-4-14-2)5-7-9-6-10-11-7/h6H,3-5H2,1-2H3,(H,9,10,11). The molecule has 0 bridgehead atoms. The fourth-order valence-electron chi connectivity index (χ4n) is 1.00. The van der Waals surface area contributed by atoms with Gasteiger partial charge in [0.05, 0.1) is 6.54 Å². The van der Waals surface area contributed by atoms with Gasteiger partial charge in [0.15, 0.2) is 0 Å². The minimum absolute atomic E-state index is 0.135. The summed E-state index contributed by atoms with van der Waals surface area (Å²) in [7, 11) is 1.77. The molecule has 0 aromatic carbocycles. The van der Waals surface area contributed by atoms with E-state index >= 15 is 0 Å². The maximum Gasteiger partial charge on any atom is 0.223 e. The summed E-state index contributed by atoms with van der Waals surface area (Å²) in [6, 6.07) is 0. The molecule has 1 heterocycles. The first-order chi connectivity index (χ1) is 6.74. The summed E-state index contributed by atoms with van der Waals surface area (Å²) in [5.41, 5.74) is 0. The van der Waals surface area contributed by atoms with E-state index in [1.54, 1.807) is 23.7 Å². The van der Waals surface area contributed by atoms with Crippen LogP contribution in [0.25, 0.3) is 0 Å². The molecule has 1 N–H and O–H groups in total. The maximum absolute atomic E-state index is 11.5. The van der Waals surface area contributed by atoms with Crippen LogP contribution in [0.5, 0.6) is 0 Å². The van der Waals surface area contributed by atoms with Gasteiger partial charge in [-0.2, -0.15) is 16.9 Å². The Bertz CT molecular complexity index is 275. The summed E-state index contributed by atoms with van der Waals surface area (Å²) in [5, 5.41) is 6.44. The van der Waals surface area contributed by atoms with Gasteiger partial charge in [0, 0.05) is 19.2 Å². The zero-order valence-corrected chi connectivity index (χ0v) is 9.17. The second-order valence-electron chi connectivity index (χ2n) is 2.92. The van der Waals surface area contributed by atoms with Crippen LogP contribution in [0.3, 0.4) is 0 Å². The highest BCUT2D eigenvalue weighted by Gasteiger charge is 2.09. The van der Waals surface area contributed by atoms with Crippen LogP contribution >= 0.6 is 11.8 Å². The average molecular weight is 214 g/mol. The Morgan fingerprint density at radius 3 is 3.07 bits per heavy atom. The Morgan fingerprint density at radius 1 is 1.71 bits per heavy atom. The number of carbonyl (C=O) groups excluding carboxylic acids is 1. The van der Waals surface area contributed by atoms with E-state index < -0.39 is 0 Å². The highest BCUT2D eigenvalue weighted by atomic mass is 32.2. The van der Waals surface area contributed by atoms with Gasteiger partial charge < -0.3 is 4.90 Å². The van der Waals surface area contributed by atoms with E-state index in [2.05, 4.69) is 15.2 Å². The molecule has 0 saturated carbocycles. The second-order valence-corrected chi connectivity index (χ2v) is 3.91. The van der Waals surface area contributed by atoms with Gasteiger partial charge >= 0.3 is 0 Å². The van der Waals surface area contributed by atoms with Crippen molar-refractivity contribution in [3.05, 3.63) is 12.2 Å². The topological polar surface area (TPSA) is 61.9 Å². The predicted molar refractivity (Wildman–Crippen MR) is 55.9 cm³/mol. The number of rotatable bonds is 5. The molecule has 0 saturated heterocycles. The minimum atomic E-state index is 0.135. The Morgan fingerprint density at radius 2 is 2.50 bits per heavy atom. The molecular weight excluding hydrogens is 200 g/mol. The molecule has 1 rings (SSSR count). The van der Waals surface area contributed by atoms with E-state index in [0.29, 0.717) is 18.8 Å². The molecule has 0 spiro atoms. The molecule has 14 heavy (non-hydrogen) atoms. The number of nitrogens with one attached hydrogen (secondary N) is 1. The van der Waals surface area contributed by atoms with E-state index in [4.69, 9.17) is 0 Å². The van der Waals surface area contributed by atoms with Crippen molar-refractivity contribution < 1.29 is 4.79 Å². The number of nitrogens with zero attached hydrogens (tertiary/aromatic N) is 3. The summed E-state index contributed by atoms with van der Waals surface area (Å²) >= 11 is 1.67. The van der Waals surface area contributed by atoms with Crippen LogP contribution in [0.2, 0.25) is 0 Å². The van der Waals surface area contributed by atoms with Crippen LogP contribution < -0.4 is 0 Å². The average Bonchev–Trinajstić information content (AvgIpc) is 2.66. The Balaban J connectivity index is 2.34. The van der Waals surface area contributed by atoms with Crippen molar-refractivity contribution in [3.8, 4) is 0 Å². The van der Waals surface area contributed by atoms with Gasteiger partial charge in [0.25, 0.3) is 0 Å². The van der Waals surface area contributed by atoms with E-state index in [-0.39, 0.29) is 5.91 Å². The van der Waals surface area contributed by atoms with Crippen molar-refractivity contribution in [1.82, 2.24) is 20.1 Å². The number of hydrogen-bond acceptors (Lipinski definition) is 4. The fraction of sp³-hybridized carbons (Fsp3) is 0.625. The lowest BCUT2D eigenvalue weighted by Gasteiger charge is -2.14. The van der Waals surface area contributed by atoms with Gasteiger partial charge in [-0.25, -0.2) is 4.98 Å². The Hall–Kier alpha value is -1.04. The van der Waals surface area contributed by atoms with Crippen LogP contribution in [-0.4, -0.2) is 45.0 Å². The Labute approximate surface area is 87.3 Å². The SMILES string of the molecule is CSCCC(=O)N(C)Cc1ncn[nH]1. The third-order valence-corrected chi connectivity index (χ3v) is 2.41. The first-order valence-electron chi connectivity index (χ1n) is 4.31. The number of H-pyrrole nitrogens is 1. The fourth-order valence-corrected chi connectivity index (χ4v) is 1.38. The highest BCUT2D eigenvalue weighted by molar-refractivity contribution is 7.98. The maximum atomic E-state index is 11.5. The monoisotopic (exact) mass is 214 g/mol. The zero-order chi connectivity index (χ0) is 10.4. The molecule has 0 aliphatic heterocycles. The van der Waals surface area contributed by atoms with E-state index in [9.17, 15) is 4.79 Å². The second kappa shape index (κ2) is 5.64. The molecule has 0 aliphatic carbocycles. The summed E-state index contributed by atoms with van der Waals surface area (Å²) in [6.45, 7) is 0.493. The van der Waals surface area contributed by atoms with Crippen molar-refractivity contribution in [3.63, 3.8) is 0 Å². The van der Waals surface area contributed by atoms with Crippen molar-refractivity contribution in [1.29, 1.82) is 0 Å². The van der Waals surface area contributed by atoms with Crippen LogP contribution in [0.4, 0.5) is 0 Å². The van der Waals surface area contributed by atoms with Gasteiger partial charge in [-0.3, -0.25) is 9.89 Å². The molecule has 0 unspecified atom stereocenters. The third-order valence-electron chi connectivity index (χ3n) is 1.80. The lowest BCUT2D eigenvalue weighted by atomic mass is 10.4. The zero-order valence-electron chi connectivity index (χ0n) is 8.36. The van der Waals surface area contributed by atoms with Gasteiger partial charge in [0.1, 0.15) is 12.2 Å². The quantitative estimate of drug-likeness (QED) is 0.776. The molecule has 1 aromatic rings. The number of aromatic amines is 1. The van der Waals surface area contributed by atoms with Crippen molar-refractivity contribution in [2.45, 2.75) is 13.0 Å². The van der Waals surface area contributed by atoms with Gasteiger partial charge in [-0.1, -0.05) is 0 Å². The highest BCUT2D eigenvalue weighted by Crippen LogP contribution is 2.01. The Kier molecular flexibility index (Phi) is 4.45. The predicted octanol–water partition coefficient (Wildman–Crippen LogP) is 0.516. The molecule has 0 fully saturated rings. The van der Waals surface area contributed by atoms with Gasteiger partial charge in [-0.15, -0.1) is 0 Å². The van der Waals surface area contributed by atoms with Crippen LogP contribution in [-0.2, 0) is 11.3 Å². The van der Waals surface area contributed by atoms with E-state index in [0.717, 1.165) is 5.75 Å². The molecule has 0 atom stereocenters. The molecule has 0 radical (unpaired) electrons. The van der Waals surface area contributed by atoms with Crippen molar-refractivity contribution >= 4 is 17.7 Å². The molecule has 0 aliphatic rings. The van der Waals surface area contributed by atoms with Gasteiger partial charge in [0.2, 0.25) is 5.91 Å². The molecule has 5 nitrogen and oxygen atoms in total. The number of thioether (sulfide) groups is 1. The molecule has 1 amide bonds. The lowest BCUT2D eigenvalue weighted by Crippen LogP contribution is -2.26. The molecule has 6 heteroatoms. The number of carbonyl (C=O) groups is 1. The molecule has 1 aromatic heterocycles. The van der Waals surface area contributed by atoms with Crippen LogP contribution in [0.1, 0.15) is 12.2 Å². The largest absolute Gasteiger partial charge is 0.338 e. The number of aromatic nitrogens is 3.